The van der Waals surface area contributed by atoms with Crippen molar-refractivity contribution in [1.82, 2.24) is 10.6 Å². The van der Waals surface area contributed by atoms with E-state index in [-0.39, 0.29) is 18.7 Å². The van der Waals surface area contributed by atoms with Crippen LogP contribution in [-0.2, 0) is 9.59 Å². The molecule has 1 unspecified atom stereocenters. The summed E-state index contributed by atoms with van der Waals surface area (Å²) in [5, 5.41) is 4.86. The number of hydrogen-bond acceptors (Lipinski definition) is 3. The largest absolute Gasteiger partial charge is 0.389 e. The van der Waals surface area contributed by atoms with Crippen LogP contribution in [-0.4, -0.2) is 30.6 Å². The molecule has 1 atom stereocenters. The van der Waals surface area contributed by atoms with Crippen molar-refractivity contribution in [2.75, 3.05) is 6.54 Å². The third-order valence-corrected chi connectivity index (χ3v) is 2.25. The number of carbonyl (C=O) groups is 2. The van der Waals surface area contributed by atoms with Crippen molar-refractivity contribution in [3.63, 3.8) is 0 Å². The quantitative estimate of drug-likeness (QED) is 0.548. The van der Waals surface area contributed by atoms with Crippen LogP contribution in [0, 0.1) is 0 Å². The molecule has 1 fully saturated rings. The Bertz CT molecular complexity index is 278. The van der Waals surface area contributed by atoms with Crippen LogP contribution in [0.25, 0.3) is 0 Å². The molecule has 4 nitrogen and oxygen atoms in total. The summed E-state index contributed by atoms with van der Waals surface area (Å²) in [5.41, 5.74) is 0. The smallest absolute Gasteiger partial charge is 0.305 e. The minimum absolute atomic E-state index is 0.0266. The molecular formula is C9H13F3N2O2. The van der Waals surface area contributed by atoms with Crippen LogP contribution in [0.2, 0.25) is 0 Å². The Balaban J connectivity index is 2.08. The second kappa shape index (κ2) is 5.29. The van der Waals surface area contributed by atoms with E-state index in [1.54, 1.807) is 0 Å². The lowest BCUT2D eigenvalue weighted by molar-refractivity contribution is -0.135. The van der Waals surface area contributed by atoms with Gasteiger partial charge in [-0.2, -0.15) is 13.2 Å². The Kier molecular flexibility index (Phi) is 4.28. The van der Waals surface area contributed by atoms with Crippen molar-refractivity contribution in [2.45, 2.75) is 37.9 Å². The van der Waals surface area contributed by atoms with Crippen LogP contribution < -0.4 is 10.6 Å². The van der Waals surface area contributed by atoms with Gasteiger partial charge in [0.25, 0.3) is 0 Å². The van der Waals surface area contributed by atoms with Gasteiger partial charge in [-0.3, -0.25) is 14.9 Å². The molecule has 0 spiro atoms. The Hall–Kier alpha value is -1.11. The summed E-state index contributed by atoms with van der Waals surface area (Å²) in [5.74, 6) is -0.751. The SMILES string of the molecule is O=C1CC(NCCCCC(F)(F)F)C(=O)N1. The molecule has 92 valence electrons. The van der Waals surface area contributed by atoms with Gasteiger partial charge in [0.05, 0.1) is 12.5 Å². The Morgan fingerprint density at radius 3 is 2.50 bits per heavy atom. The van der Waals surface area contributed by atoms with Crippen LogP contribution in [0.3, 0.4) is 0 Å². The highest BCUT2D eigenvalue weighted by Gasteiger charge is 2.30. The summed E-state index contributed by atoms with van der Waals surface area (Å²) in [6.07, 6.45) is -4.51. The van der Waals surface area contributed by atoms with E-state index in [2.05, 4.69) is 10.6 Å². The first kappa shape index (κ1) is 13.0. The zero-order valence-electron chi connectivity index (χ0n) is 8.56. The first-order valence-corrected chi connectivity index (χ1v) is 5.02. The molecule has 1 aliphatic rings. The van der Waals surface area contributed by atoms with Gasteiger partial charge in [0.2, 0.25) is 11.8 Å². The lowest BCUT2D eigenvalue weighted by Gasteiger charge is -2.09. The van der Waals surface area contributed by atoms with Crippen molar-refractivity contribution in [2.24, 2.45) is 0 Å². The number of alkyl halides is 3. The number of imide groups is 1. The molecule has 0 aromatic carbocycles. The van der Waals surface area contributed by atoms with Gasteiger partial charge in [0.1, 0.15) is 0 Å². The minimum Gasteiger partial charge on any atom is -0.305 e. The number of carbonyl (C=O) groups excluding carboxylic acids is 2. The Labute approximate surface area is 90.6 Å². The van der Waals surface area contributed by atoms with Crippen molar-refractivity contribution >= 4 is 11.8 Å². The second-order valence-electron chi connectivity index (χ2n) is 3.70. The van der Waals surface area contributed by atoms with Gasteiger partial charge in [0.15, 0.2) is 0 Å². The molecule has 0 saturated carbocycles. The molecule has 0 aliphatic carbocycles. The molecular weight excluding hydrogens is 225 g/mol. The number of halogens is 3. The highest BCUT2D eigenvalue weighted by atomic mass is 19.4. The van der Waals surface area contributed by atoms with Crippen LogP contribution in [0.4, 0.5) is 13.2 Å². The summed E-state index contributed by atoms with van der Waals surface area (Å²) in [6, 6.07) is -0.585. The summed E-state index contributed by atoms with van der Waals surface area (Å²) in [7, 11) is 0. The zero-order chi connectivity index (χ0) is 12.2. The molecule has 2 amide bonds. The first-order chi connectivity index (χ1) is 7.38. The molecule has 16 heavy (non-hydrogen) atoms. The van der Waals surface area contributed by atoms with Gasteiger partial charge in [-0.05, 0) is 19.4 Å². The maximum Gasteiger partial charge on any atom is 0.389 e. The first-order valence-electron chi connectivity index (χ1n) is 5.02. The van der Waals surface area contributed by atoms with Crippen LogP contribution in [0.5, 0.6) is 0 Å². The molecule has 1 saturated heterocycles. The van der Waals surface area contributed by atoms with E-state index in [9.17, 15) is 22.8 Å². The highest BCUT2D eigenvalue weighted by molar-refractivity contribution is 6.05. The van der Waals surface area contributed by atoms with Gasteiger partial charge in [-0.1, -0.05) is 0 Å². The van der Waals surface area contributed by atoms with E-state index in [1.807, 2.05) is 0 Å². The number of amides is 2. The molecule has 1 rings (SSSR count). The summed E-state index contributed by atoms with van der Waals surface area (Å²) < 4.78 is 35.3. The standard InChI is InChI=1S/C9H13F3N2O2/c10-9(11,12)3-1-2-4-13-6-5-7(15)14-8(6)16/h6,13H,1-5H2,(H,14,15,16). The van der Waals surface area contributed by atoms with E-state index < -0.39 is 24.5 Å². The lowest BCUT2D eigenvalue weighted by atomic mass is 10.2. The predicted octanol–water partition coefficient (Wildman–Crippen LogP) is 0.724. The van der Waals surface area contributed by atoms with E-state index >= 15 is 0 Å². The molecule has 0 radical (unpaired) electrons. The van der Waals surface area contributed by atoms with Gasteiger partial charge < -0.3 is 5.32 Å². The number of hydrogen-bond donors (Lipinski definition) is 2. The zero-order valence-corrected chi connectivity index (χ0v) is 8.56. The second-order valence-corrected chi connectivity index (χ2v) is 3.70. The van der Waals surface area contributed by atoms with Crippen molar-refractivity contribution in [3.05, 3.63) is 0 Å². The monoisotopic (exact) mass is 238 g/mol. The summed E-state index contributed by atoms with van der Waals surface area (Å²) >= 11 is 0. The molecule has 0 aromatic rings. The molecule has 1 aliphatic heterocycles. The summed E-state index contributed by atoms with van der Waals surface area (Å²) in [4.78, 5) is 21.8. The molecule has 7 heteroatoms. The van der Waals surface area contributed by atoms with Crippen molar-refractivity contribution < 1.29 is 22.8 Å². The third-order valence-electron chi connectivity index (χ3n) is 2.25. The fraction of sp³-hybridized carbons (Fsp3) is 0.778. The maximum absolute atomic E-state index is 11.8. The fourth-order valence-corrected chi connectivity index (χ4v) is 1.45. The van der Waals surface area contributed by atoms with Crippen molar-refractivity contribution in [3.8, 4) is 0 Å². The van der Waals surface area contributed by atoms with Crippen LogP contribution in [0.15, 0.2) is 0 Å². The minimum atomic E-state index is -4.12. The van der Waals surface area contributed by atoms with Crippen molar-refractivity contribution in [1.29, 1.82) is 0 Å². The van der Waals surface area contributed by atoms with Gasteiger partial charge in [-0.25, -0.2) is 0 Å². The normalized spacial score (nSPS) is 21.3. The predicted molar refractivity (Wildman–Crippen MR) is 49.5 cm³/mol. The molecule has 0 aromatic heterocycles. The fourth-order valence-electron chi connectivity index (χ4n) is 1.45. The molecule has 0 bridgehead atoms. The number of nitrogens with one attached hydrogen (secondary N) is 2. The third kappa shape index (κ3) is 4.61. The van der Waals surface area contributed by atoms with E-state index in [1.165, 1.54) is 0 Å². The lowest BCUT2D eigenvalue weighted by Crippen LogP contribution is -2.36. The molecule has 1 heterocycles. The van der Waals surface area contributed by atoms with Crippen LogP contribution in [0.1, 0.15) is 25.7 Å². The van der Waals surface area contributed by atoms with Crippen LogP contribution >= 0.6 is 0 Å². The maximum atomic E-state index is 11.8. The average molecular weight is 238 g/mol. The van der Waals surface area contributed by atoms with E-state index in [0.29, 0.717) is 13.0 Å². The molecule has 2 N–H and O–H groups in total. The summed E-state index contributed by atoms with van der Waals surface area (Å²) in [6.45, 7) is 0.307. The Morgan fingerprint density at radius 2 is 2.00 bits per heavy atom. The number of rotatable bonds is 5. The highest BCUT2D eigenvalue weighted by Crippen LogP contribution is 2.21. The van der Waals surface area contributed by atoms with E-state index in [4.69, 9.17) is 0 Å². The van der Waals surface area contributed by atoms with E-state index in [0.717, 1.165) is 0 Å². The number of unbranched alkanes of at least 4 members (excludes halogenated alkanes) is 1. The van der Waals surface area contributed by atoms with Gasteiger partial charge in [0, 0.05) is 6.42 Å². The topological polar surface area (TPSA) is 58.2 Å². The van der Waals surface area contributed by atoms with Gasteiger partial charge in [-0.15, -0.1) is 0 Å². The average Bonchev–Trinajstić information content (AvgIpc) is 2.42. The Morgan fingerprint density at radius 1 is 1.31 bits per heavy atom. The van der Waals surface area contributed by atoms with Gasteiger partial charge >= 0.3 is 6.18 Å².